The van der Waals surface area contributed by atoms with E-state index >= 15 is 0 Å². The summed E-state index contributed by atoms with van der Waals surface area (Å²) in [7, 11) is 0. The average Bonchev–Trinajstić information content (AvgIpc) is 2.61. The summed E-state index contributed by atoms with van der Waals surface area (Å²) in [4.78, 5) is 4.19. The molecule has 1 aromatic heterocycles. The lowest BCUT2D eigenvalue weighted by atomic mass is 9.98. The maximum Gasteiger partial charge on any atom is 0.280 e. The SMILES string of the molecule is FC(F)c1nc2ccccc2c2ccc(-c3ccccc3)cc12. The van der Waals surface area contributed by atoms with Gasteiger partial charge in [0.05, 0.1) is 5.52 Å². The molecular formula is C20H13F2N. The second-order valence-corrected chi connectivity index (χ2v) is 5.44. The van der Waals surface area contributed by atoms with Crippen molar-refractivity contribution in [1.29, 1.82) is 0 Å². The van der Waals surface area contributed by atoms with Crippen molar-refractivity contribution in [3.05, 3.63) is 78.5 Å². The van der Waals surface area contributed by atoms with Crippen LogP contribution in [0.3, 0.4) is 0 Å². The smallest absolute Gasteiger partial charge is 0.246 e. The first-order valence-electron chi connectivity index (χ1n) is 7.40. The number of para-hydroxylation sites is 1. The van der Waals surface area contributed by atoms with E-state index in [0.29, 0.717) is 10.9 Å². The van der Waals surface area contributed by atoms with Crippen molar-refractivity contribution in [2.75, 3.05) is 0 Å². The molecule has 0 N–H and O–H groups in total. The first-order valence-corrected chi connectivity index (χ1v) is 7.40. The lowest BCUT2D eigenvalue weighted by Crippen LogP contribution is -1.94. The molecule has 3 heteroatoms. The number of aromatic nitrogens is 1. The summed E-state index contributed by atoms with van der Waals surface area (Å²) in [6, 6.07) is 22.8. The van der Waals surface area contributed by atoms with Crippen LogP contribution >= 0.6 is 0 Å². The van der Waals surface area contributed by atoms with Crippen LogP contribution in [0.5, 0.6) is 0 Å². The highest BCUT2D eigenvalue weighted by Crippen LogP contribution is 2.34. The number of rotatable bonds is 2. The van der Waals surface area contributed by atoms with Gasteiger partial charge < -0.3 is 0 Å². The van der Waals surface area contributed by atoms with Gasteiger partial charge in [0.2, 0.25) is 0 Å². The van der Waals surface area contributed by atoms with Crippen molar-refractivity contribution in [2.45, 2.75) is 6.43 Å². The summed E-state index contributed by atoms with van der Waals surface area (Å²) in [5.74, 6) is 0. The van der Waals surface area contributed by atoms with E-state index in [2.05, 4.69) is 4.98 Å². The number of alkyl halides is 2. The monoisotopic (exact) mass is 305 g/mol. The van der Waals surface area contributed by atoms with Crippen LogP contribution in [0.4, 0.5) is 8.78 Å². The van der Waals surface area contributed by atoms with E-state index in [1.807, 2.05) is 66.7 Å². The summed E-state index contributed by atoms with van der Waals surface area (Å²) >= 11 is 0. The highest BCUT2D eigenvalue weighted by atomic mass is 19.3. The first kappa shape index (κ1) is 13.8. The van der Waals surface area contributed by atoms with Gasteiger partial charge in [0, 0.05) is 10.8 Å². The van der Waals surface area contributed by atoms with Gasteiger partial charge in [-0.05, 0) is 28.6 Å². The van der Waals surface area contributed by atoms with Crippen molar-refractivity contribution < 1.29 is 8.78 Å². The lowest BCUT2D eigenvalue weighted by Gasteiger charge is -2.11. The van der Waals surface area contributed by atoms with Gasteiger partial charge in [0.1, 0.15) is 5.69 Å². The van der Waals surface area contributed by atoms with Gasteiger partial charge in [-0.25, -0.2) is 13.8 Å². The fraction of sp³-hybridized carbons (Fsp3) is 0.0500. The van der Waals surface area contributed by atoms with Crippen LogP contribution in [0.25, 0.3) is 32.8 Å². The maximum absolute atomic E-state index is 13.5. The molecule has 0 bridgehead atoms. The zero-order valence-corrected chi connectivity index (χ0v) is 12.2. The topological polar surface area (TPSA) is 12.9 Å². The summed E-state index contributed by atoms with van der Waals surface area (Å²) in [5.41, 5.74) is 2.36. The number of hydrogen-bond acceptors (Lipinski definition) is 1. The minimum absolute atomic E-state index is 0.156. The highest BCUT2D eigenvalue weighted by molar-refractivity contribution is 6.07. The van der Waals surface area contributed by atoms with E-state index in [1.54, 1.807) is 6.07 Å². The van der Waals surface area contributed by atoms with Crippen LogP contribution in [0.15, 0.2) is 72.8 Å². The molecule has 0 saturated carbocycles. The Kier molecular flexibility index (Phi) is 3.27. The van der Waals surface area contributed by atoms with Gasteiger partial charge in [0.15, 0.2) is 0 Å². The quantitative estimate of drug-likeness (QED) is 0.414. The molecule has 0 radical (unpaired) electrons. The molecule has 0 aliphatic carbocycles. The molecule has 3 aromatic carbocycles. The summed E-state index contributed by atoms with van der Waals surface area (Å²) < 4.78 is 27.0. The van der Waals surface area contributed by atoms with Crippen molar-refractivity contribution in [3.8, 4) is 11.1 Å². The van der Waals surface area contributed by atoms with Crippen LogP contribution in [-0.4, -0.2) is 4.98 Å². The Labute approximate surface area is 132 Å². The summed E-state index contributed by atoms with van der Waals surface area (Å²) in [6.07, 6.45) is -2.60. The van der Waals surface area contributed by atoms with E-state index < -0.39 is 6.43 Å². The molecule has 0 aliphatic rings. The Balaban J connectivity index is 2.07. The number of halogens is 2. The third kappa shape index (κ3) is 2.34. The standard InChI is InChI=1S/C20H13F2N/c21-20(22)19-17-12-14(13-6-2-1-3-7-13)10-11-15(17)16-8-4-5-9-18(16)23-19/h1-12,20H. The van der Waals surface area contributed by atoms with Gasteiger partial charge in [-0.2, -0.15) is 0 Å². The Morgan fingerprint density at radius 1 is 0.652 bits per heavy atom. The molecule has 4 rings (SSSR count). The fourth-order valence-corrected chi connectivity index (χ4v) is 2.96. The van der Waals surface area contributed by atoms with Gasteiger partial charge in [0.25, 0.3) is 6.43 Å². The van der Waals surface area contributed by atoms with Crippen LogP contribution in [0.2, 0.25) is 0 Å². The van der Waals surface area contributed by atoms with Crippen molar-refractivity contribution >= 4 is 21.7 Å². The minimum Gasteiger partial charge on any atom is -0.246 e. The molecule has 0 unspecified atom stereocenters. The van der Waals surface area contributed by atoms with E-state index in [-0.39, 0.29) is 5.69 Å². The fourth-order valence-electron chi connectivity index (χ4n) is 2.96. The highest BCUT2D eigenvalue weighted by Gasteiger charge is 2.16. The second kappa shape index (κ2) is 5.43. The molecule has 112 valence electrons. The average molecular weight is 305 g/mol. The Morgan fingerprint density at radius 3 is 2.17 bits per heavy atom. The molecule has 0 spiro atoms. The normalized spacial score (nSPS) is 11.4. The molecular weight excluding hydrogens is 292 g/mol. The molecule has 0 aliphatic heterocycles. The number of hydrogen-bond donors (Lipinski definition) is 0. The Bertz CT molecular complexity index is 994. The summed E-state index contributed by atoms with van der Waals surface area (Å²) in [6.45, 7) is 0. The number of benzene rings is 3. The van der Waals surface area contributed by atoms with E-state index in [4.69, 9.17) is 0 Å². The second-order valence-electron chi connectivity index (χ2n) is 5.44. The maximum atomic E-state index is 13.5. The van der Waals surface area contributed by atoms with Gasteiger partial charge in [-0.15, -0.1) is 0 Å². The summed E-state index contributed by atoms with van der Waals surface area (Å²) in [5, 5.41) is 2.22. The number of nitrogens with zero attached hydrogens (tertiary/aromatic N) is 1. The third-order valence-electron chi connectivity index (χ3n) is 4.04. The largest absolute Gasteiger partial charge is 0.280 e. The predicted molar refractivity (Wildman–Crippen MR) is 89.6 cm³/mol. The van der Waals surface area contributed by atoms with E-state index in [0.717, 1.165) is 21.9 Å². The molecule has 0 atom stereocenters. The van der Waals surface area contributed by atoms with Crippen LogP contribution in [0, 0.1) is 0 Å². The molecule has 0 amide bonds. The number of pyridine rings is 1. The lowest BCUT2D eigenvalue weighted by molar-refractivity contribution is 0.148. The van der Waals surface area contributed by atoms with Gasteiger partial charge in [-0.3, -0.25) is 0 Å². The zero-order chi connectivity index (χ0) is 15.8. The van der Waals surface area contributed by atoms with Gasteiger partial charge in [-0.1, -0.05) is 60.7 Å². The van der Waals surface area contributed by atoms with Crippen molar-refractivity contribution in [3.63, 3.8) is 0 Å². The Morgan fingerprint density at radius 2 is 1.39 bits per heavy atom. The van der Waals surface area contributed by atoms with Crippen LogP contribution < -0.4 is 0 Å². The van der Waals surface area contributed by atoms with E-state index in [1.165, 1.54) is 0 Å². The molecule has 0 fully saturated rings. The molecule has 0 saturated heterocycles. The Hall–Kier alpha value is -2.81. The van der Waals surface area contributed by atoms with Crippen LogP contribution in [-0.2, 0) is 0 Å². The third-order valence-corrected chi connectivity index (χ3v) is 4.04. The molecule has 1 nitrogen and oxygen atoms in total. The van der Waals surface area contributed by atoms with Crippen molar-refractivity contribution in [1.82, 2.24) is 4.98 Å². The zero-order valence-electron chi connectivity index (χ0n) is 12.2. The molecule has 4 aromatic rings. The van der Waals surface area contributed by atoms with Gasteiger partial charge >= 0.3 is 0 Å². The van der Waals surface area contributed by atoms with E-state index in [9.17, 15) is 8.78 Å². The minimum atomic E-state index is -2.60. The first-order chi connectivity index (χ1) is 11.2. The van der Waals surface area contributed by atoms with Crippen molar-refractivity contribution in [2.24, 2.45) is 0 Å². The predicted octanol–water partition coefficient (Wildman–Crippen LogP) is 5.99. The van der Waals surface area contributed by atoms with Crippen LogP contribution in [0.1, 0.15) is 12.1 Å². The number of fused-ring (bicyclic) bond motifs is 3. The molecule has 23 heavy (non-hydrogen) atoms. The molecule has 1 heterocycles.